The zero-order valence-corrected chi connectivity index (χ0v) is 28.4. The Hall–Kier alpha value is -3.53. The van der Waals surface area contributed by atoms with E-state index in [0.717, 1.165) is 112 Å². The molecule has 9 nitrogen and oxygen atoms in total. The summed E-state index contributed by atoms with van der Waals surface area (Å²) in [7, 11) is 2.11. The predicted molar refractivity (Wildman–Crippen MR) is 183 cm³/mol. The molecule has 10 heteroatoms. The van der Waals surface area contributed by atoms with Gasteiger partial charge in [0.2, 0.25) is 5.95 Å². The van der Waals surface area contributed by atoms with E-state index in [1.54, 1.807) is 6.07 Å². The van der Waals surface area contributed by atoms with Crippen LogP contribution in [0.25, 0.3) is 0 Å². The fraction of sp³-hybridized carbons (Fsp3) is 0.622. The molecule has 47 heavy (non-hydrogen) atoms. The van der Waals surface area contributed by atoms with Gasteiger partial charge in [0, 0.05) is 43.5 Å². The van der Waals surface area contributed by atoms with E-state index in [9.17, 15) is 14.3 Å². The van der Waals surface area contributed by atoms with E-state index in [4.69, 9.17) is 9.97 Å². The van der Waals surface area contributed by atoms with Crippen LogP contribution in [0.5, 0.6) is 0 Å². The van der Waals surface area contributed by atoms with Gasteiger partial charge in [-0.25, -0.2) is 9.37 Å². The maximum absolute atomic E-state index is 14.3. The Morgan fingerprint density at radius 2 is 1.89 bits per heavy atom. The van der Waals surface area contributed by atoms with Gasteiger partial charge in [-0.1, -0.05) is 25.5 Å². The number of benzene rings is 1. The molecular formula is C37H52FN7O2. The quantitative estimate of drug-likeness (QED) is 0.221. The van der Waals surface area contributed by atoms with Gasteiger partial charge >= 0.3 is 5.97 Å². The summed E-state index contributed by atoms with van der Waals surface area (Å²) in [5, 5.41) is 18.1. The van der Waals surface area contributed by atoms with Gasteiger partial charge in [-0.3, -0.25) is 9.48 Å². The van der Waals surface area contributed by atoms with Crippen molar-refractivity contribution in [1.82, 2.24) is 24.6 Å². The third-order valence-corrected chi connectivity index (χ3v) is 11.1. The largest absolute Gasteiger partial charge is 0.481 e. The summed E-state index contributed by atoms with van der Waals surface area (Å²) >= 11 is 0. The average Bonchev–Trinajstić information content (AvgIpc) is 3.58. The Kier molecular flexibility index (Phi) is 10.7. The van der Waals surface area contributed by atoms with Crippen LogP contribution in [-0.2, 0) is 24.2 Å². The average molecular weight is 646 g/mol. The molecule has 6 rings (SSSR count). The molecule has 1 saturated heterocycles. The summed E-state index contributed by atoms with van der Waals surface area (Å²) in [6.45, 7) is 8.20. The van der Waals surface area contributed by atoms with E-state index in [2.05, 4.69) is 47.3 Å². The Bertz CT molecular complexity index is 1500. The Morgan fingerprint density at radius 3 is 2.57 bits per heavy atom. The molecule has 1 aromatic carbocycles. The smallest absolute Gasteiger partial charge is 0.306 e. The number of rotatable bonds is 12. The topological polar surface area (TPSA) is 99.4 Å². The van der Waals surface area contributed by atoms with E-state index in [1.807, 2.05) is 23.0 Å². The molecular weight excluding hydrogens is 593 g/mol. The molecule has 254 valence electrons. The van der Waals surface area contributed by atoms with Crippen molar-refractivity contribution in [1.29, 1.82) is 0 Å². The Labute approximate surface area is 279 Å². The molecule has 0 spiro atoms. The lowest BCUT2D eigenvalue weighted by atomic mass is 9.77. The number of nitrogens with one attached hydrogen (secondary N) is 1. The predicted octanol–water partition coefficient (Wildman–Crippen LogP) is 6.85. The van der Waals surface area contributed by atoms with Gasteiger partial charge in [-0.15, -0.1) is 0 Å². The first-order valence-corrected chi connectivity index (χ1v) is 17.9. The van der Waals surface area contributed by atoms with Crippen LogP contribution in [0.15, 0.2) is 36.7 Å². The SMILES string of the molecule is CC[C@H](C1CCC(C(=O)O)CC1)N(C)c1nc2c(c(NC(CN3CCCCC3)c3cnn(CC)c3)n1)C[C@H](c1cccc(F)c1)CC2. The van der Waals surface area contributed by atoms with Gasteiger partial charge in [0.1, 0.15) is 11.6 Å². The van der Waals surface area contributed by atoms with Crippen LogP contribution < -0.4 is 10.2 Å². The number of nitrogens with zero attached hydrogens (tertiary/aromatic N) is 6. The second-order valence-electron chi connectivity index (χ2n) is 14.0. The van der Waals surface area contributed by atoms with Crippen LogP contribution in [0.2, 0.25) is 0 Å². The number of carboxylic acids is 1. The molecule has 1 unspecified atom stereocenters. The highest BCUT2D eigenvalue weighted by atomic mass is 19.1. The molecule has 0 amide bonds. The van der Waals surface area contributed by atoms with Gasteiger partial charge in [0.25, 0.3) is 0 Å². The molecule has 1 saturated carbocycles. The second-order valence-corrected chi connectivity index (χ2v) is 14.0. The Balaban J connectivity index is 1.34. The molecule has 3 aromatic rings. The van der Waals surface area contributed by atoms with Crippen LogP contribution in [0.1, 0.15) is 106 Å². The number of likely N-dealkylation sites (tertiary alicyclic amines) is 1. The van der Waals surface area contributed by atoms with Crippen molar-refractivity contribution >= 4 is 17.7 Å². The molecule has 3 atom stereocenters. The molecule has 2 N–H and O–H groups in total. The number of halogens is 1. The van der Waals surface area contributed by atoms with Crippen molar-refractivity contribution in [3.63, 3.8) is 0 Å². The van der Waals surface area contributed by atoms with Crippen LogP contribution in [0.3, 0.4) is 0 Å². The Morgan fingerprint density at radius 1 is 1.11 bits per heavy atom. The zero-order chi connectivity index (χ0) is 32.9. The van der Waals surface area contributed by atoms with Gasteiger partial charge in [0.05, 0.1) is 23.9 Å². The molecule has 2 aliphatic carbocycles. The number of piperidine rings is 1. The maximum atomic E-state index is 14.3. The first kappa shape index (κ1) is 33.4. The summed E-state index contributed by atoms with van der Waals surface area (Å²) in [5.74, 6) is 1.10. The lowest BCUT2D eigenvalue weighted by Crippen LogP contribution is -2.41. The summed E-state index contributed by atoms with van der Waals surface area (Å²) in [6, 6.07) is 7.27. The highest BCUT2D eigenvalue weighted by Crippen LogP contribution is 2.39. The van der Waals surface area contributed by atoms with E-state index >= 15 is 0 Å². The van der Waals surface area contributed by atoms with Crippen molar-refractivity contribution in [2.45, 2.75) is 109 Å². The van der Waals surface area contributed by atoms with E-state index < -0.39 is 5.97 Å². The highest BCUT2D eigenvalue weighted by Gasteiger charge is 2.34. The third-order valence-electron chi connectivity index (χ3n) is 11.1. The van der Waals surface area contributed by atoms with Gasteiger partial charge in [0.15, 0.2) is 0 Å². The lowest BCUT2D eigenvalue weighted by Gasteiger charge is -2.38. The fourth-order valence-electron chi connectivity index (χ4n) is 8.27. The maximum Gasteiger partial charge on any atom is 0.306 e. The first-order valence-electron chi connectivity index (χ1n) is 17.9. The summed E-state index contributed by atoms with van der Waals surface area (Å²) in [6.07, 6.45) is 14.6. The van der Waals surface area contributed by atoms with E-state index in [0.29, 0.717) is 5.92 Å². The minimum Gasteiger partial charge on any atom is -0.481 e. The number of hydrogen-bond acceptors (Lipinski definition) is 7. The van der Waals surface area contributed by atoms with Crippen molar-refractivity contribution < 1.29 is 14.3 Å². The molecule has 2 fully saturated rings. The summed E-state index contributed by atoms with van der Waals surface area (Å²) in [5.41, 5.74) is 4.38. The molecule has 0 radical (unpaired) electrons. The minimum atomic E-state index is -0.668. The number of anilines is 2. The van der Waals surface area contributed by atoms with Gasteiger partial charge in [-0.2, -0.15) is 10.1 Å². The van der Waals surface area contributed by atoms with Crippen LogP contribution in [-0.4, -0.2) is 68.4 Å². The van der Waals surface area contributed by atoms with Crippen molar-refractivity contribution in [3.8, 4) is 0 Å². The normalized spacial score (nSPS) is 23.1. The van der Waals surface area contributed by atoms with Gasteiger partial charge < -0.3 is 20.2 Å². The summed E-state index contributed by atoms with van der Waals surface area (Å²) in [4.78, 5) is 27.0. The number of carbonyl (C=O) groups is 1. The van der Waals surface area contributed by atoms with Crippen LogP contribution in [0.4, 0.5) is 16.2 Å². The van der Waals surface area contributed by atoms with Crippen molar-refractivity contribution in [3.05, 3.63) is 64.9 Å². The fourth-order valence-corrected chi connectivity index (χ4v) is 8.27. The van der Waals surface area contributed by atoms with Crippen LogP contribution in [0, 0.1) is 17.7 Å². The first-order chi connectivity index (χ1) is 22.8. The highest BCUT2D eigenvalue weighted by molar-refractivity contribution is 5.70. The molecule has 2 aromatic heterocycles. The van der Waals surface area contributed by atoms with E-state index in [-0.39, 0.29) is 29.7 Å². The number of aromatic nitrogens is 4. The second kappa shape index (κ2) is 15.1. The molecule has 3 heterocycles. The van der Waals surface area contributed by atoms with E-state index in [1.165, 1.54) is 25.3 Å². The standard InChI is InChI=1S/C37H52FN7O2/c1-4-34(25-12-14-26(15-13-25)36(46)47)43(3)37-41-32-17-16-28(27-10-9-11-30(38)20-27)21-31(32)35(42-37)40-33(24-44-18-7-6-8-19-44)29-22-39-45(5-2)23-29/h9-11,20,22-23,25-26,28,33-34H,4-8,12-19,21,24H2,1-3H3,(H,46,47)(H,40,41,42)/t25?,26?,28-,33?,34-/m1/s1. The number of hydrogen-bond donors (Lipinski definition) is 2. The number of carboxylic acid groups (broad SMARTS) is 1. The molecule has 1 aliphatic heterocycles. The summed E-state index contributed by atoms with van der Waals surface area (Å²) < 4.78 is 16.3. The minimum absolute atomic E-state index is 0.00775. The molecule has 3 aliphatic rings. The number of aryl methyl sites for hydroxylation is 2. The van der Waals surface area contributed by atoms with Crippen LogP contribution >= 0.6 is 0 Å². The lowest BCUT2D eigenvalue weighted by molar-refractivity contribution is -0.143. The van der Waals surface area contributed by atoms with Crippen molar-refractivity contribution in [2.75, 3.05) is 36.9 Å². The number of aliphatic carboxylic acids is 1. The molecule has 0 bridgehead atoms. The number of fused-ring (bicyclic) bond motifs is 1. The zero-order valence-electron chi connectivity index (χ0n) is 28.4. The van der Waals surface area contributed by atoms with Crippen molar-refractivity contribution in [2.24, 2.45) is 11.8 Å². The third kappa shape index (κ3) is 7.79. The monoisotopic (exact) mass is 645 g/mol. The van der Waals surface area contributed by atoms with Gasteiger partial charge in [-0.05, 0) is 114 Å².